The van der Waals surface area contributed by atoms with E-state index in [1.807, 2.05) is 0 Å². The quantitative estimate of drug-likeness (QED) is 0.877. The number of halogens is 2. The normalized spacial score (nSPS) is 10.8. The van der Waals surface area contributed by atoms with Gasteiger partial charge in [-0.25, -0.2) is 13.5 Å². The van der Waals surface area contributed by atoms with Crippen molar-refractivity contribution in [3.8, 4) is 0 Å². The molecule has 1 heterocycles. The molecule has 0 radical (unpaired) electrons. The van der Waals surface area contributed by atoms with Gasteiger partial charge in [0.1, 0.15) is 0 Å². The monoisotopic (exact) mass is 252 g/mol. The summed E-state index contributed by atoms with van der Waals surface area (Å²) in [6, 6.07) is 4.09. The van der Waals surface area contributed by atoms with Crippen LogP contribution in [-0.4, -0.2) is 21.5 Å². The number of rotatable bonds is 5. The lowest BCUT2D eigenvalue weighted by Gasteiger charge is -2.02. The van der Waals surface area contributed by atoms with E-state index in [2.05, 4.69) is 10.3 Å². The van der Waals surface area contributed by atoms with Crippen LogP contribution in [0.4, 0.5) is 8.78 Å². The summed E-state index contributed by atoms with van der Waals surface area (Å²) in [5.41, 5.74) is 6.45. The van der Waals surface area contributed by atoms with Gasteiger partial charge in [0.2, 0.25) is 0 Å². The zero-order chi connectivity index (χ0) is 13.0. The second kappa shape index (κ2) is 5.68. The SMILES string of the molecule is NCCCc1cn(Cc2cccc(F)c2F)nn1. The van der Waals surface area contributed by atoms with Crippen molar-refractivity contribution in [2.45, 2.75) is 19.4 Å². The average Bonchev–Trinajstić information content (AvgIpc) is 2.80. The molecule has 0 amide bonds. The Bertz CT molecular complexity index is 525. The van der Waals surface area contributed by atoms with Crippen LogP contribution in [0, 0.1) is 11.6 Å². The topological polar surface area (TPSA) is 56.7 Å². The zero-order valence-electron chi connectivity index (χ0n) is 9.81. The summed E-state index contributed by atoms with van der Waals surface area (Å²) in [5, 5.41) is 7.82. The molecular weight excluding hydrogens is 238 g/mol. The summed E-state index contributed by atoms with van der Waals surface area (Å²) in [7, 11) is 0. The molecule has 96 valence electrons. The van der Waals surface area contributed by atoms with Crippen LogP contribution in [0.5, 0.6) is 0 Å². The maximum Gasteiger partial charge on any atom is 0.163 e. The minimum Gasteiger partial charge on any atom is -0.330 e. The third kappa shape index (κ3) is 2.89. The van der Waals surface area contributed by atoms with E-state index < -0.39 is 11.6 Å². The summed E-state index contributed by atoms with van der Waals surface area (Å²) in [5.74, 6) is -1.69. The number of aromatic nitrogens is 3. The van der Waals surface area contributed by atoms with Gasteiger partial charge in [-0.15, -0.1) is 5.10 Å². The van der Waals surface area contributed by atoms with Crippen LogP contribution in [0.15, 0.2) is 24.4 Å². The highest BCUT2D eigenvalue weighted by Gasteiger charge is 2.09. The standard InChI is InChI=1S/C12H14F2N4/c13-11-5-1-3-9(12(11)14)7-18-8-10(16-17-18)4-2-6-15/h1,3,5,8H,2,4,6-7,15H2. The van der Waals surface area contributed by atoms with Crippen LogP contribution >= 0.6 is 0 Å². The fraction of sp³-hybridized carbons (Fsp3) is 0.333. The Morgan fingerprint density at radius 2 is 2.11 bits per heavy atom. The van der Waals surface area contributed by atoms with Gasteiger partial charge in [-0.05, 0) is 25.5 Å². The Labute approximate surface area is 103 Å². The number of hydrogen-bond donors (Lipinski definition) is 1. The first kappa shape index (κ1) is 12.6. The van der Waals surface area contributed by atoms with Gasteiger partial charge in [-0.2, -0.15) is 0 Å². The molecule has 0 aliphatic heterocycles. The average molecular weight is 252 g/mol. The molecule has 0 saturated heterocycles. The molecule has 2 N–H and O–H groups in total. The highest BCUT2D eigenvalue weighted by atomic mass is 19.2. The second-order valence-electron chi connectivity index (χ2n) is 4.01. The van der Waals surface area contributed by atoms with E-state index >= 15 is 0 Å². The summed E-state index contributed by atoms with van der Waals surface area (Å²) in [6.45, 7) is 0.755. The van der Waals surface area contributed by atoms with Crippen molar-refractivity contribution in [3.63, 3.8) is 0 Å². The molecule has 0 bridgehead atoms. The Morgan fingerprint density at radius 1 is 1.28 bits per heavy atom. The molecule has 1 aromatic carbocycles. The third-order valence-corrected chi connectivity index (χ3v) is 2.59. The molecule has 2 rings (SSSR count). The molecular formula is C12H14F2N4. The highest BCUT2D eigenvalue weighted by Crippen LogP contribution is 2.12. The maximum absolute atomic E-state index is 13.4. The third-order valence-electron chi connectivity index (χ3n) is 2.59. The molecule has 4 nitrogen and oxygen atoms in total. The van der Waals surface area contributed by atoms with E-state index in [9.17, 15) is 8.78 Å². The van der Waals surface area contributed by atoms with Crippen LogP contribution in [0.3, 0.4) is 0 Å². The van der Waals surface area contributed by atoms with Gasteiger partial charge in [0.05, 0.1) is 12.2 Å². The van der Waals surface area contributed by atoms with Crippen molar-refractivity contribution in [3.05, 3.63) is 47.3 Å². The Hall–Kier alpha value is -1.82. The van der Waals surface area contributed by atoms with E-state index in [1.54, 1.807) is 6.20 Å². The number of benzene rings is 1. The Kier molecular flexibility index (Phi) is 3.99. The lowest BCUT2D eigenvalue weighted by Crippen LogP contribution is -2.04. The van der Waals surface area contributed by atoms with Crippen LogP contribution < -0.4 is 5.73 Å². The number of hydrogen-bond acceptors (Lipinski definition) is 3. The highest BCUT2D eigenvalue weighted by molar-refractivity contribution is 5.19. The van der Waals surface area contributed by atoms with Gasteiger partial charge >= 0.3 is 0 Å². The number of aryl methyl sites for hydroxylation is 1. The van der Waals surface area contributed by atoms with Gasteiger partial charge in [0, 0.05) is 11.8 Å². The fourth-order valence-corrected chi connectivity index (χ4v) is 1.66. The van der Waals surface area contributed by atoms with E-state index in [0.29, 0.717) is 6.54 Å². The van der Waals surface area contributed by atoms with E-state index in [-0.39, 0.29) is 12.1 Å². The zero-order valence-corrected chi connectivity index (χ0v) is 9.81. The van der Waals surface area contributed by atoms with Crippen LogP contribution in [0.25, 0.3) is 0 Å². The largest absolute Gasteiger partial charge is 0.330 e. The summed E-state index contributed by atoms with van der Waals surface area (Å²) < 4.78 is 28.0. The van der Waals surface area contributed by atoms with E-state index in [4.69, 9.17) is 5.73 Å². The lowest BCUT2D eigenvalue weighted by molar-refractivity contribution is 0.490. The summed E-state index contributed by atoms with van der Waals surface area (Å²) >= 11 is 0. The van der Waals surface area contributed by atoms with Gasteiger partial charge in [0.15, 0.2) is 11.6 Å². The maximum atomic E-state index is 13.4. The summed E-state index contributed by atoms with van der Waals surface area (Å²) in [6.07, 6.45) is 3.29. The molecule has 0 unspecified atom stereocenters. The first-order valence-corrected chi connectivity index (χ1v) is 5.72. The van der Waals surface area contributed by atoms with Gasteiger partial charge in [-0.1, -0.05) is 17.3 Å². The fourth-order valence-electron chi connectivity index (χ4n) is 1.66. The van der Waals surface area contributed by atoms with Crippen LogP contribution in [-0.2, 0) is 13.0 Å². The molecule has 6 heteroatoms. The number of nitrogens with two attached hydrogens (primary N) is 1. The molecule has 0 aliphatic rings. The van der Waals surface area contributed by atoms with Crippen molar-refractivity contribution in [1.29, 1.82) is 0 Å². The minimum absolute atomic E-state index is 0.166. The molecule has 0 aliphatic carbocycles. The van der Waals surface area contributed by atoms with Crippen molar-refractivity contribution >= 4 is 0 Å². The van der Waals surface area contributed by atoms with E-state index in [0.717, 1.165) is 24.6 Å². The summed E-state index contributed by atoms with van der Waals surface area (Å²) in [4.78, 5) is 0. The van der Waals surface area contributed by atoms with Crippen molar-refractivity contribution in [2.75, 3.05) is 6.54 Å². The number of nitrogens with zero attached hydrogens (tertiary/aromatic N) is 3. The first-order chi connectivity index (χ1) is 8.70. The Morgan fingerprint density at radius 3 is 2.89 bits per heavy atom. The van der Waals surface area contributed by atoms with Crippen molar-refractivity contribution in [2.24, 2.45) is 5.73 Å². The van der Waals surface area contributed by atoms with Crippen LogP contribution in [0.2, 0.25) is 0 Å². The smallest absolute Gasteiger partial charge is 0.163 e. The molecule has 1 aromatic heterocycles. The first-order valence-electron chi connectivity index (χ1n) is 5.72. The van der Waals surface area contributed by atoms with Gasteiger partial charge in [0.25, 0.3) is 0 Å². The van der Waals surface area contributed by atoms with Crippen LogP contribution in [0.1, 0.15) is 17.7 Å². The van der Waals surface area contributed by atoms with Crippen molar-refractivity contribution in [1.82, 2.24) is 15.0 Å². The Balaban J connectivity index is 2.09. The van der Waals surface area contributed by atoms with Gasteiger partial charge in [-0.3, -0.25) is 0 Å². The molecule has 0 atom stereocenters. The van der Waals surface area contributed by atoms with E-state index in [1.165, 1.54) is 16.8 Å². The van der Waals surface area contributed by atoms with Crippen molar-refractivity contribution < 1.29 is 8.78 Å². The second-order valence-corrected chi connectivity index (χ2v) is 4.01. The molecule has 18 heavy (non-hydrogen) atoms. The predicted molar refractivity (Wildman–Crippen MR) is 62.9 cm³/mol. The lowest BCUT2D eigenvalue weighted by atomic mass is 10.2. The molecule has 0 fully saturated rings. The van der Waals surface area contributed by atoms with Gasteiger partial charge < -0.3 is 5.73 Å². The predicted octanol–water partition coefficient (Wildman–Crippen LogP) is 1.50. The minimum atomic E-state index is -0.851. The molecule has 0 spiro atoms. The molecule has 0 saturated carbocycles. The molecule has 2 aromatic rings.